The van der Waals surface area contributed by atoms with Crippen molar-refractivity contribution < 1.29 is 9.47 Å². The first kappa shape index (κ1) is 16.8. The van der Waals surface area contributed by atoms with Crippen LogP contribution in [0.15, 0.2) is 46.9 Å². The van der Waals surface area contributed by atoms with Crippen molar-refractivity contribution in [3.05, 3.63) is 53.2 Å². The molecule has 0 unspecified atom stereocenters. The molecule has 24 heavy (non-hydrogen) atoms. The van der Waals surface area contributed by atoms with Crippen molar-refractivity contribution in [2.24, 2.45) is 0 Å². The Labute approximate surface area is 149 Å². The molecule has 1 aromatic carbocycles. The summed E-state index contributed by atoms with van der Waals surface area (Å²) in [5.74, 6) is 2.22. The second-order valence-corrected chi connectivity index (χ2v) is 7.00. The summed E-state index contributed by atoms with van der Waals surface area (Å²) in [7, 11) is 3.29. The van der Waals surface area contributed by atoms with Crippen LogP contribution in [0.4, 0.5) is 0 Å². The van der Waals surface area contributed by atoms with Crippen LogP contribution in [0.3, 0.4) is 0 Å². The van der Waals surface area contributed by atoms with E-state index in [0.717, 1.165) is 27.0 Å². The number of para-hydroxylation sites is 1. The number of hydrogen-bond acceptors (Lipinski definition) is 6. The largest absolute Gasteiger partial charge is 0.493 e. The number of pyridine rings is 1. The van der Waals surface area contributed by atoms with Crippen molar-refractivity contribution in [2.75, 3.05) is 14.2 Å². The van der Waals surface area contributed by atoms with Gasteiger partial charge in [0.2, 0.25) is 0 Å². The molecule has 0 saturated carbocycles. The zero-order chi connectivity index (χ0) is 16.9. The summed E-state index contributed by atoms with van der Waals surface area (Å²) in [5.41, 5.74) is 3.15. The number of rotatable bonds is 6. The molecule has 0 atom stereocenters. The van der Waals surface area contributed by atoms with Gasteiger partial charge in [-0.25, -0.2) is 9.97 Å². The van der Waals surface area contributed by atoms with Crippen LogP contribution in [0, 0.1) is 6.92 Å². The lowest BCUT2D eigenvalue weighted by Crippen LogP contribution is -1.93. The molecular weight excluding hydrogens is 340 g/mol. The minimum atomic E-state index is 0.713. The van der Waals surface area contributed by atoms with E-state index in [2.05, 4.69) is 16.4 Å². The molecule has 0 fully saturated rings. The van der Waals surface area contributed by atoms with Gasteiger partial charge in [0.15, 0.2) is 11.5 Å². The predicted octanol–water partition coefficient (Wildman–Crippen LogP) is 4.82. The van der Waals surface area contributed by atoms with Gasteiger partial charge in [-0.3, -0.25) is 0 Å². The zero-order valence-electron chi connectivity index (χ0n) is 13.8. The summed E-state index contributed by atoms with van der Waals surface area (Å²) in [6, 6.07) is 9.94. The Hall–Kier alpha value is -2.05. The lowest BCUT2D eigenvalue weighted by atomic mass is 10.2. The Morgan fingerprint density at radius 2 is 2.00 bits per heavy atom. The monoisotopic (exact) mass is 358 g/mol. The van der Waals surface area contributed by atoms with Crippen molar-refractivity contribution in [1.29, 1.82) is 0 Å². The Balaban J connectivity index is 1.77. The topological polar surface area (TPSA) is 44.2 Å². The number of aromatic nitrogens is 2. The highest BCUT2D eigenvalue weighted by molar-refractivity contribution is 7.98. The van der Waals surface area contributed by atoms with E-state index < -0.39 is 0 Å². The van der Waals surface area contributed by atoms with Gasteiger partial charge in [0.1, 0.15) is 5.01 Å². The quantitative estimate of drug-likeness (QED) is 0.591. The molecule has 124 valence electrons. The molecule has 0 N–H and O–H groups in total. The van der Waals surface area contributed by atoms with Crippen LogP contribution in [-0.4, -0.2) is 24.2 Å². The number of nitrogens with zero attached hydrogens (tertiary/aromatic N) is 2. The summed E-state index contributed by atoms with van der Waals surface area (Å²) < 4.78 is 10.9. The summed E-state index contributed by atoms with van der Waals surface area (Å²) >= 11 is 3.29. The second kappa shape index (κ2) is 7.68. The van der Waals surface area contributed by atoms with Gasteiger partial charge < -0.3 is 9.47 Å². The van der Waals surface area contributed by atoms with E-state index in [0.29, 0.717) is 11.5 Å². The van der Waals surface area contributed by atoms with Crippen molar-refractivity contribution in [3.63, 3.8) is 0 Å². The van der Waals surface area contributed by atoms with Crippen LogP contribution >= 0.6 is 23.1 Å². The number of ether oxygens (including phenoxy) is 2. The molecule has 0 spiro atoms. The third kappa shape index (κ3) is 3.71. The molecule has 3 aromatic rings. The van der Waals surface area contributed by atoms with Crippen molar-refractivity contribution in [1.82, 2.24) is 9.97 Å². The van der Waals surface area contributed by atoms with Crippen LogP contribution in [0.1, 0.15) is 11.3 Å². The molecule has 0 aliphatic heterocycles. The summed E-state index contributed by atoms with van der Waals surface area (Å²) in [6.07, 6.45) is 1.88. The zero-order valence-corrected chi connectivity index (χ0v) is 15.4. The fourth-order valence-corrected chi connectivity index (χ4v) is 3.92. The second-order valence-electron chi connectivity index (χ2n) is 5.15. The number of benzene rings is 1. The SMILES string of the molecule is COc1cccc(-c2nc(CSc3ccc(C)cn3)cs2)c1OC. The van der Waals surface area contributed by atoms with Crippen LogP contribution in [0.2, 0.25) is 0 Å². The molecule has 0 aliphatic rings. The third-order valence-corrected chi connectivity index (χ3v) is 5.34. The molecule has 2 heterocycles. The predicted molar refractivity (Wildman–Crippen MR) is 99.2 cm³/mol. The molecule has 4 nitrogen and oxygen atoms in total. The normalized spacial score (nSPS) is 10.6. The highest BCUT2D eigenvalue weighted by Gasteiger charge is 2.14. The van der Waals surface area contributed by atoms with Crippen LogP contribution < -0.4 is 9.47 Å². The van der Waals surface area contributed by atoms with Gasteiger partial charge in [0, 0.05) is 17.3 Å². The summed E-state index contributed by atoms with van der Waals surface area (Å²) in [5, 5.41) is 4.02. The summed E-state index contributed by atoms with van der Waals surface area (Å²) in [4.78, 5) is 9.14. The maximum atomic E-state index is 5.50. The first-order valence-corrected chi connectivity index (χ1v) is 9.29. The van der Waals surface area contributed by atoms with E-state index in [4.69, 9.17) is 14.5 Å². The van der Waals surface area contributed by atoms with Gasteiger partial charge in [-0.1, -0.05) is 12.1 Å². The molecule has 2 aromatic heterocycles. The van der Waals surface area contributed by atoms with E-state index in [1.807, 2.05) is 37.4 Å². The Bertz CT molecular complexity index is 816. The average molecular weight is 358 g/mol. The van der Waals surface area contributed by atoms with Gasteiger partial charge in [-0.05, 0) is 30.7 Å². The van der Waals surface area contributed by atoms with Gasteiger partial charge in [0.25, 0.3) is 0 Å². The molecular formula is C18H18N2O2S2. The number of thioether (sulfide) groups is 1. The van der Waals surface area contributed by atoms with Crippen molar-refractivity contribution in [2.45, 2.75) is 17.7 Å². The summed E-state index contributed by atoms with van der Waals surface area (Å²) in [6.45, 7) is 2.04. The Morgan fingerprint density at radius 1 is 1.12 bits per heavy atom. The lowest BCUT2D eigenvalue weighted by Gasteiger charge is -2.10. The maximum Gasteiger partial charge on any atom is 0.170 e. The smallest absolute Gasteiger partial charge is 0.170 e. The van der Waals surface area contributed by atoms with Gasteiger partial charge >= 0.3 is 0 Å². The van der Waals surface area contributed by atoms with Gasteiger partial charge in [-0.15, -0.1) is 23.1 Å². The Kier molecular flexibility index (Phi) is 5.37. The first-order chi connectivity index (χ1) is 11.7. The fourth-order valence-electron chi connectivity index (χ4n) is 2.24. The molecule has 3 rings (SSSR count). The highest BCUT2D eigenvalue weighted by atomic mass is 32.2. The number of aryl methyl sites for hydroxylation is 1. The molecule has 0 radical (unpaired) electrons. The minimum absolute atomic E-state index is 0.713. The van der Waals surface area contributed by atoms with Crippen LogP contribution in [0.5, 0.6) is 11.5 Å². The van der Waals surface area contributed by atoms with Crippen LogP contribution in [0.25, 0.3) is 10.6 Å². The van der Waals surface area contributed by atoms with Gasteiger partial charge in [-0.2, -0.15) is 0 Å². The van der Waals surface area contributed by atoms with Crippen molar-refractivity contribution >= 4 is 23.1 Å². The van der Waals surface area contributed by atoms with E-state index in [9.17, 15) is 0 Å². The first-order valence-electron chi connectivity index (χ1n) is 7.42. The van der Waals surface area contributed by atoms with E-state index >= 15 is 0 Å². The number of hydrogen-bond donors (Lipinski definition) is 0. The molecule has 0 amide bonds. The standard InChI is InChI=1S/C18H18N2O2S2/c1-12-7-8-16(19-9-12)23-10-13-11-24-18(20-13)14-5-4-6-15(21-2)17(14)22-3/h4-9,11H,10H2,1-3H3. The van der Waals surface area contributed by atoms with E-state index in [1.165, 1.54) is 5.56 Å². The molecule has 0 bridgehead atoms. The average Bonchev–Trinajstić information content (AvgIpc) is 3.09. The molecule has 0 saturated heterocycles. The van der Waals surface area contributed by atoms with Crippen LogP contribution in [-0.2, 0) is 5.75 Å². The highest BCUT2D eigenvalue weighted by Crippen LogP contribution is 2.39. The third-order valence-electron chi connectivity index (χ3n) is 3.44. The van der Waals surface area contributed by atoms with E-state index in [-0.39, 0.29) is 0 Å². The number of thiazole rings is 1. The number of methoxy groups -OCH3 is 2. The maximum absolute atomic E-state index is 5.50. The lowest BCUT2D eigenvalue weighted by molar-refractivity contribution is 0.356. The van der Waals surface area contributed by atoms with E-state index in [1.54, 1.807) is 37.3 Å². The van der Waals surface area contributed by atoms with Gasteiger partial charge in [0.05, 0.1) is 30.5 Å². The Morgan fingerprint density at radius 3 is 2.71 bits per heavy atom. The van der Waals surface area contributed by atoms with Crippen molar-refractivity contribution in [3.8, 4) is 22.1 Å². The molecule has 6 heteroatoms. The molecule has 0 aliphatic carbocycles. The fraction of sp³-hybridized carbons (Fsp3) is 0.222. The minimum Gasteiger partial charge on any atom is -0.493 e.